The maximum atomic E-state index is 5.99. The van der Waals surface area contributed by atoms with E-state index < -0.39 is 0 Å². The van der Waals surface area contributed by atoms with E-state index in [2.05, 4.69) is 24.3 Å². The van der Waals surface area contributed by atoms with Crippen molar-refractivity contribution in [1.82, 2.24) is 0 Å². The van der Waals surface area contributed by atoms with Crippen LogP contribution in [0.3, 0.4) is 0 Å². The Kier molecular flexibility index (Phi) is 3.97. The molecule has 0 aromatic heterocycles. The first-order valence-corrected chi connectivity index (χ1v) is 7.78. The molecule has 0 aliphatic carbocycles. The van der Waals surface area contributed by atoms with E-state index in [0.717, 1.165) is 33.9 Å². The van der Waals surface area contributed by atoms with Crippen molar-refractivity contribution in [3.63, 3.8) is 0 Å². The van der Waals surface area contributed by atoms with E-state index >= 15 is 0 Å². The smallest absolute Gasteiger partial charge is 0.146 e. The molecule has 1 saturated heterocycles. The molecule has 1 aromatic rings. The van der Waals surface area contributed by atoms with Gasteiger partial charge >= 0.3 is 0 Å². The Balaban J connectivity index is 2.13. The number of hydrogen-bond acceptors (Lipinski definition) is 2. The number of rotatable bonds is 3. The molecule has 1 atom stereocenters. The summed E-state index contributed by atoms with van der Waals surface area (Å²) in [6.45, 7) is 1.68. The van der Waals surface area contributed by atoms with Crippen molar-refractivity contribution in [3.05, 3.63) is 35.4 Å². The van der Waals surface area contributed by atoms with Crippen molar-refractivity contribution in [1.29, 1.82) is 0 Å². The van der Waals surface area contributed by atoms with Crippen molar-refractivity contribution in [3.8, 4) is 0 Å². The third kappa shape index (κ3) is 2.63. The van der Waals surface area contributed by atoms with E-state index in [1.165, 1.54) is 30.4 Å². The highest BCUT2D eigenvalue weighted by Gasteiger charge is 2.29. The molecule has 1 fully saturated rings. The molecule has 0 spiro atoms. The summed E-state index contributed by atoms with van der Waals surface area (Å²) in [5.41, 5.74) is 2.62. The molecule has 0 saturated carbocycles. The predicted octanol–water partition coefficient (Wildman–Crippen LogP) is 0.202. The van der Waals surface area contributed by atoms with Gasteiger partial charge in [0.2, 0.25) is 0 Å². The normalized spacial score (nSPS) is 26.0. The predicted molar refractivity (Wildman–Crippen MR) is 72.6 cm³/mol. The Morgan fingerprint density at radius 2 is 2.00 bits per heavy atom. The minimum atomic E-state index is 0.0681. The van der Waals surface area contributed by atoms with Gasteiger partial charge < -0.3 is 9.16 Å². The maximum Gasteiger partial charge on any atom is 0.146 e. The van der Waals surface area contributed by atoms with E-state index in [0.29, 0.717) is 0 Å². The molecule has 2 nitrogen and oxygen atoms in total. The fourth-order valence-electron chi connectivity index (χ4n) is 2.28. The second kappa shape index (κ2) is 5.27. The zero-order valence-electron chi connectivity index (χ0n) is 10.2. The Morgan fingerprint density at radius 3 is 2.56 bits per heavy atom. The lowest BCUT2D eigenvalue weighted by molar-refractivity contribution is -0.0210. The molecular formula is C12H20O2Si2. The molecule has 0 bridgehead atoms. The van der Waals surface area contributed by atoms with E-state index in [-0.39, 0.29) is 5.22 Å². The van der Waals surface area contributed by atoms with Gasteiger partial charge in [-0.15, -0.1) is 0 Å². The summed E-state index contributed by atoms with van der Waals surface area (Å²) in [6.07, 6.45) is 3.71. The fourth-order valence-corrected chi connectivity index (χ4v) is 3.51. The Morgan fingerprint density at radius 1 is 1.25 bits per heavy atom. The van der Waals surface area contributed by atoms with Crippen molar-refractivity contribution in [2.45, 2.75) is 31.1 Å². The SMILES string of the molecule is [SiH3]OCc1ccc(C2([SiH3])CCCCO2)cc1. The topological polar surface area (TPSA) is 18.5 Å². The van der Waals surface area contributed by atoms with Crippen LogP contribution in [0, 0.1) is 0 Å². The summed E-state index contributed by atoms with van der Waals surface area (Å²) in [5, 5.41) is 0.0681. The minimum Gasteiger partial charge on any atom is -0.424 e. The zero-order valence-corrected chi connectivity index (χ0v) is 14.2. The van der Waals surface area contributed by atoms with Gasteiger partial charge in [0.25, 0.3) is 0 Å². The quantitative estimate of drug-likeness (QED) is 0.716. The lowest BCUT2D eigenvalue weighted by atomic mass is 9.99. The summed E-state index contributed by atoms with van der Waals surface area (Å²) in [7, 11) is 1.88. The molecule has 0 amide bonds. The van der Waals surface area contributed by atoms with Gasteiger partial charge in [-0.2, -0.15) is 0 Å². The molecule has 0 N–H and O–H groups in total. The van der Waals surface area contributed by atoms with Crippen LogP contribution in [0.1, 0.15) is 30.4 Å². The van der Waals surface area contributed by atoms with Crippen LogP contribution < -0.4 is 0 Å². The average molecular weight is 252 g/mol. The highest BCUT2D eigenvalue weighted by Crippen LogP contribution is 2.32. The van der Waals surface area contributed by atoms with Gasteiger partial charge in [0, 0.05) is 16.8 Å². The van der Waals surface area contributed by atoms with Crippen LogP contribution in [-0.4, -0.2) is 27.3 Å². The van der Waals surface area contributed by atoms with E-state index in [1.807, 2.05) is 0 Å². The number of ether oxygens (including phenoxy) is 1. The third-order valence-corrected chi connectivity index (χ3v) is 5.00. The summed E-state index contributed by atoms with van der Waals surface area (Å²) < 4.78 is 11.2. The Labute approximate surface area is 103 Å². The molecular weight excluding hydrogens is 232 g/mol. The third-order valence-electron chi connectivity index (χ3n) is 3.34. The van der Waals surface area contributed by atoms with Gasteiger partial charge in [-0.05, 0) is 30.4 Å². The second-order valence-electron chi connectivity index (χ2n) is 4.67. The summed E-state index contributed by atoms with van der Waals surface area (Å²) in [5.74, 6) is 0. The Bertz CT molecular complexity index is 331. The number of benzene rings is 1. The van der Waals surface area contributed by atoms with Crippen LogP contribution in [0.25, 0.3) is 0 Å². The molecule has 1 aliphatic rings. The highest BCUT2D eigenvalue weighted by molar-refractivity contribution is 6.14. The summed E-state index contributed by atoms with van der Waals surface area (Å²) in [6, 6.07) is 8.78. The lowest BCUT2D eigenvalue weighted by Crippen LogP contribution is -2.33. The molecule has 4 heteroatoms. The van der Waals surface area contributed by atoms with Crippen LogP contribution in [0.2, 0.25) is 0 Å². The monoisotopic (exact) mass is 252 g/mol. The van der Waals surface area contributed by atoms with Crippen molar-refractivity contribution in [2.24, 2.45) is 0 Å². The summed E-state index contributed by atoms with van der Waals surface area (Å²) >= 11 is 0. The van der Waals surface area contributed by atoms with E-state index in [9.17, 15) is 0 Å². The second-order valence-corrected chi connectivity index (χ2v) is 6.86. The average Bonchev–Trinajstić information content (AvgIpc) is 2.31. The molecule has 1 aliphatic heterocycles. The molecule has 1 heterocycles. The van der Waals surface area contributed by atoms with Crippen molar-refractivity contribution < 1.29 is 9.16 Å². The number of hydrogen-bond donors (Lipinski definition) is 0. The van der Waals surface area contributed by atoms with Crippen molar-refractivity contribution in [2.75, 3.05) is 6.61 Å². The Hall–Kier alpha value is -0.426. The lowest BCUT2D eigenvalue weighted by Gasteiger charge is -2.34. The fraction of sp³-hybridized carbons (Fsp3) is 0.500. The van der Waals surface area contributed by atoms with Crippen LogP contribution in [0.4, 0.5) is 0 Å². The van der Waals surface area contributed by atoms with Crippen LogP contribution in [-0.2, 0) is 21.0 Å². The van der Waals surface area contributed by atoms with Gasteiger partial charge in [-0.3, -0.25) is 0 Å². The largest absolute Gasteiger partial charge is 0.424 e. The molecule has 1 unspecified atom stereocenters. The standard InChI is InChI=1S/C12H20O2Si2/c15-12(7-1-2-8-13-12)11-5-3-10(4-6-11)9-14-16/h3-6H,1-2,7-9H2,15-16H3. The van der Waals surface area contributed by atoms with E-state index in [4.69, 9.17) is 9.16 Å². The molecule has 1 aromatic carbocycles. The van der Waals surface area contributed by atoms with E-state index in [1.54, 1.807) is 0 Å². The first kappa shape index (κ1) is 12.0. The molecule has 0 radical (unpaired) electrons. The van der Waals surface area contributed by atoms with Gasteiger partial charge in [-0.1, -0.05) is 24.3 Å². The summed E-state index contributed by atoms with van der Waals surface area (Å²) in [4.78, 5) is 0. The first-order chi connectivity index (χ1) is 7.74. The molecule has 88 valence electrons. The van der Waals surface area contributed by atoms with Gasteiger partial charge in [0.05, 0.1) is 11.8 Å². The molecule has 2 rings (SSSR count). The van der Waals surface area contributed by atoms with Crippen LogP contribution >= 0.6 is 0 Å². The van der Waals surface area contributed by atoms with Crippen LogP contribution in [0.5, 0.6) is 0 Å². The van der Waals surface area contributed by atoms with Crippen molar-refractivity contribution >= 4 is 20.7 Å². The zero-order chi connectivity index (χ0) is 11.4. The van der Waals surface area contributed by atoms with Gasteiger partial charge in [0.1, 0.15) is 10.5 Å². The van der Waals surface area contributed by atoms with Crippen LogP contribution in [0.15, 0.2) is 24.3 Å². The molecule has 16 heavy (non-hydrogen) atoms. The van der Waals surface area contributed by atoms with Gasteiger partial charge in [-0.25, -0.2) is 0 Å². The maximum absolute atomic E-state index is 5.99. The highest BCUT2D eigenvalue weighted by atomic mass is 28.2. The van der Waals surface area contributed by atoms with Gasteiger partial charge in [0.15, 0.2) is 0 Å². The first-order valence-electron chi connectivity index (χ1n) is 5.97. The minimum absolute atomic E-state index is 0.0681.